The Kier molecular flexibility index (Phi) is 5.78. The van der Waals surface area contributed by atoms with E-state index in [0.717, 1.165) is 23.8 Å². The largest absolute Gasteiger partial charge is 0.352 e. The molecule has 0 bridgehead atoms. The van der Waals surface area contributed by atoms with E-state index < -0.39 is 16.6 Å². The summed E-state index contributed by atoms with van der Waals surface area (Å²) in [5, 5.41) is 15.5. The maximum absolute atomic E-state index is 13.6. The lowest BCUT2D eigenvalue weighted by molar-refractivity contribution is -0.384. The van der Waals surface area contributed by atoms with E-state index in [4.69, 9.17) is 0 Å². The summed E-state index contributed by atoms with van der Waals surface area (Å²) in [4.78, 5) is 33.8. The number of carbonyl (C=O) groups is 2. The molecule has 0 aliphatic heterocycles. The molecular weight excluding hydrogens is 329 g/mol. The zero-order valence-electron chi connectivity index (χ0n) is 13.4. The topological polar surface area (TPSA) is 101 Å². The summed E-state index contributed by atoms with van der Waals surface area (Å²) in [7, 11) is 0. The van der Waals surface area contributed by atoms with Gasteiger partial charge in [0.25, 0.3) is 11.6 Å². The van der Waals surface area contributed by atoms with Crippen molar-refractivity contribution in [2.24, 2.45) is 0 Å². The van der Waals surface area contributed by atoms with Crippen molar-refractivity contribution in [3.05, 3.63) is 69.5 Å². The Hall–Kier alpha value is -3.29. The molecule has 0 atom stereocenters. The minimum Gasteiger partial charge on any atom is -0.352 e. The predicted molar refractivity (Wildman–Crippen MR) is 89.8 cm³/mol. The molecule has 0 aliphatic carbocycles. The number of benzene rings is 2. The predicted octanol–water partition coefficient (Wildman–Crippen LogP) is 2.80. The monoisotopic (exact) mass is 345 g/mol. The zero-order chi connectivity index (χ0) is 18.4. The molecule has 8 heteroatoms. The quantitative estimate of drug-likeness (QED) is 0.621. The molecule has 0 fully saturated rings. The van der Waals surface area contributed by atoms with E-state index in [1.54, 1.807) is 25.1 Å². The molecule has 2 aromatic carbocycles. The number of anilines is 1. The molecule has 7 nitrogen and oxygen atoms in total. The summed E-state index contributed by atoms with van der Waals surface area (Å²) in [6, 6.07) is 9.88. The van der Waals surface area contributed by atoms with Crippen molar-refractivity contribution < 1.29 is 18.9 Å². The van der Waals surface area contributed by atoms with Crippen LogP contribution in [0.25, 0.3) is 0 Å². The van der Waals surface area contributed by atoms with Gasteiger partial charge in [0.2, 0.25) is 5.91 Å². The number of amides is 2. The molecular formula is C17H16FN3O4. The van der Waals surface area contributed by atoms with Gasteiger partial charge in [0.15, 0.2) is 0 Å². The molecule has 25 heavy (non-hydrogen) atoms. The highest BCUT2D eigenvalue weighted by Crippen LogP contribution is 2.21. The number of nitrogens with one attached hydrogen (secondary N) is 2. The summed E-state index contributed by atoms with van der Waals surface area (Å²) >= 11 is 0. The fraction of sp³-hybridized carbons (Fsp3) is 0.176. The lowest BCUT2D eigenvalue weighted by Gasteiger charge is -2.08. The van der Waals surface area contributed by atoms with Gasteiger partial charge in [0.1, 0.15) is 5.82 Å². The first-order valence-corrected chi connectivity index (χ1v) is 7.46. The van der Waals surface area contributed by atoms with Gasteiger partial charge in [-0.3, -0.25) is 19.7 Å². The first-order valence-electron chi connectivity index (χ1n) is 7.46. The first-order chi connectivity index (χ1) is 11.9. The summed E-state index contributed by atoms with van der Waals surface area (Å²) in [6.07, 6.45) is -0.0975. The first kappa shape index (κ1) is 18.1. The van der Waals surface area contributed by atoms with Crippen LogP contribution in [0.3, 0.4) is 0 Å². The lowest BCUT2D eigenvalue weighted by Crippen LogP contribution is -2.28. The van der Waals surface area contributed by atoms with Crippen LogP contribution in [0, 0.1) is 22.9 Å². The van der Waals surface area contributed by atoms with Crippen LogP contribution in [-0.4, -0.2) is 23.3 Å². The molecule has 0 aliphatic rings. The summed E-state index contributed by atoms with van der Waals surface area (Å²) in [5.74, 6) is -1.65. The number of rotatable bonds is 6. The van der Waals surface area contributed by atoms with E-state index in [2.05, 4.69) is 10.6 Å². The third-order valence-corrected chi connectivity index (χ3v) is 3.46. The molecule has 0 saturated carbocycles. The Morgan fingerprint density at radius 3 is 2.60 bits per heavy atom. The van der Waals surface area contributed by atoms with Crippen molar-refractivity contribution in [1.29, 1.82) is 0 Å². The van der Waals surface area contributed by atoms with E-state index in [9.17, 15) is 24.1 Å². The lowest BCUT2D eigenvalue weighted by atomic mass is 10.1. The highest BCUT2D eigenvalue weighted by atomic mass is 19.1. The maximum Gasteiger partial charge on any atom is 0.271 e. The number of aryl methyl sites for hydroxylation is 1. The van der Waals surface area contributed by atoms with E-state index in [0.29, 0.717) is 5.56 Å². The average Bonchev–Trinajstić information content (AvgIpc) is 2.57. The fourth-order valence-electron chi connectivity index (χ4n) is 2.15. The number of hydrogen-bond donors (Lipinski definition) is 2. The van der Waals surface area contributed by atoms with Crippen molar-refractivity contribution in [3.63, 3.8) is 0 Å². The van der Waals surface area contributed by atoms with Crippen molar-refractivity contribution >= 4 is 23.2 Å². The number of halogens is 1. The SMILES string of the molecule is Cc1ccccc1C(=O)NCCC(=O)Nc1cc([N+](=O)[O-])ccc1F. The number of nitro benzene ring substituents is 1. The molecule has 0 radical (unpaired) electrons. The molecule has 2 aromatic rings. The molecule has 0 heterocycles. The summed E-state index contributed by atoms with van der Waals surface area (Å²) in [5.41, 5.74) is 0.713. The molecule has 0 spiro atoms. The number of hydrogen-bond acceptors (Lipinski definition) is 4. The zero-order valence-corrected chi connectivity index (χ0v) is 13.4. The number of carbonyl (C=O) groups excluding carboxylic acids is 2. The van der Waals surface area contributed by atoms with Crippen LogP contribution < -0.4 is 10.6 Å². The van der Waals surface area contributed by atoms with Gasteiger partial charge >= 0.3 is 0 Å². The van der Waals surface area contributed by atoms with Gasteiger partial charge in [0.05, 0.1) is 10.6 Å². The summed E-state index contributed by atoms with van der Waals surface area (Å²) in [6.45, 7) is 1.85. The molecule has 0 saturated heterocycles. The highest BCUT2D eigenvalue weighted by Gasteiger charge is 2.13. The second-order valence-corrected chi connectivity index (χ2v) is 5.29. The number of non-ortho nitro benzene ring substituents is 1. The van der Waals surface area contributed by atoms with Gasteiger partial charge < -0.3 is 10.6 Å². The van der Waals surface area contributed by atoms with Crippen LogP contribution >= 0.6 is 0 Å². The van der Waals surface area contributed by atoms with Gasteiger partial charge in [-0.1, -0.05) is 18.2 Å². The Labute approximate surface area is 143 Å². The van der Waals surface area contributed by atoms with Crippen LogP contribution in [0.5, 0.6) is 0 Å². The van der Waals surface area contributed by atoms with Crippen molar-refractivity contribution in [2.45, 2.75) is 13.3 Å². The molecule has 0 unspecified atom stereocenters. The Bertz CT molecular complexity index is 823. The molecule has 2 amide bonds. The second-order valence-electron chi connectivity index (χ2n) is 5.29. The Morgan fingerprint density at radius 1 is 1.20 bits per heavy atom. The van der Waals surface area contributed by atoms with Crippen LogP contribution in [0.4, 0.5) is 15.8 Å². The Morgan fingerprint density at radius 2 is 1.92 bits per heavy atom. The van der Waals surface area contributed by atoms with Crippen LogP contribution in [0.1, 0.15) is 22.3 Å². The molecule has 0 aromatic heterocycles. The third kappa shape index (κ3) is 4.84. The Balaban J connectivity index is 1.89. The molecule has 2 rings (SSSR count). The average molecular weight is 345 g/mol. The smallest absolute Gasteiger partial charge is 0.271 e. The summed E-state index contributed by atoms with van der Waals surface area (Å²) < 4.78 is 13.6. The normalized spacial score (nSPS) is 10.2. The van der Waals surface area contributed by atoms with E-state index in [1.807, 2.05) is 6.07 Å². The van der Waals surface area contributed by atoms with Crippen LogP contribution in [0.15, 0.2) is 42.5 Å². The van der Waals surface area contributed by atoms with Crippen molar-refractivity contribution in [3.8, 4) is 0 Å². The van der Waals surface area contributed by atoms with Gasteiger partial charge in [-0.05, 0) is 24.6 Å². The third-order valence-electron chi connectivity index (χ3n) is 3.46. The minimum absolute atomic E-state index is 0.0511. The highest BCUT2D eigenvalue weighted by molar-refractivity contribution is 5.96. The van der Waals surface area contributed by atoms with E-state index >= 15 is 0 Å². The number of nitrogens with zero attached hydrogens (tertiary/aromatic N) is 1. The van der Waals surface area contributed by atoms with Gasteiger partial charge in [0, 0.05) is 30.7 Å². The van der Waals surface area contributed by atoms with Gasteiger partial charge in [-0.25, -0.2) is 4.39 Å². The van der Waals surface area contributed by atoms with Crippen molar-refractivity contribution in [2.75, 3.05) is 11.9 Å². The maximum atomic E-state index is 13.6. The fourth-order valence-corrected chi connectivity index (χ4v) is 2.15. The van der Waals surface area contributed by atoms with Crippen LogP contribution in [-0.2, 0) is 4.79 Å². The van der Waals surface area contributed by atoms with E-state index in [1.165, 1.54) is 0 Å². The second kappa shape index (κ2) is 8.00. The molecule has 130 valence electrons. The molecule has 2 N–H and O–H groups in total. The van der Waals surface area contributed by atoms with E-state index in [-0.39, 0.29) is 30.2 Å². The number of nitro groups is 1. The van der Waals surface area contributed by atoms with Gasteiger partial charge in [-0.2, -0.15) is 0 Å². The van der Waals surface area contributed by atoms with Crippen molar-refractivity contribution in [1.82, 2.24) is 5.32 Å². The minimum atomic E-state index is -0.775. The van der Waals surface area contributed by atoms with Crippen LogP contribution in [0.2, 0.25) is 0 Å². The van der Waals surface area contributed by atoms with Gasteiger partial charge in [-0.15, -0.1) is 0 Å². The standard InChI is InChI=1S/C17H16FN3O4/c1-11-4-2-3-5-13(11)17(23)19-9-8-16(22)20-15-10-12(21(24)25)6-7-14(15)18/h2-7,10H,8-9H2,1H3,(H,19,23)(H,20,22).